The topological polar surface area (TPSA) is 142 Å². The van der Waals surface area contributed by atoms with Crippen LogP contribution in [0.15, 0.2) is 0 Å². The van der Waals surface area contributed by atoms with Crippen LogP contribution >= 0.6 is 0 Å². The Kier molecular flexibility index (Phi) is 10.4. The van der Waals surface area contributed by atoms with E-state index in [1.807, 2.05) is 27.7 Å². The smallest absolute Gasteiger partial charge is 0.326 e. The molecule has 9 heteroatoms. The Hall–Kier alpha value is -2.16. The number of carbonyl (C=O) groups is 4. The third-order valence-electron chi connectivity index (χ3n) is 6.40. The highest BCUT2D eigenvalue weighted by molar-refractivity contribution is 5.94. The number of carbonyl (C=O) groups excluding carboxylic acids is 3. The summed E-state index contributed by atoms with van der Waals surface area (Å²) in [4.78, 5) is 51.8. The number of amides is 3. The van der Waals surface area contributed by atoms with Crippen molar-refractivity contribution in [2.75, 3.05) is 6.54 Å². The van der Waals surface area contributed by atoms with Gasteiger partial charge < -0.3 is 26.4 Å². The molecule has 9 nitrogen and oxygen atoms in total. The van der Waals surface area contributed by atoms with Crippen molar-refractivity contribution in [3.8, 4) is 0 Å². The van der Waals surface area contributed by atoms with Crippen LogP contribution in [0.25, 0.3) is 0 Å². The summed E-state index contributed by atoms with van der Waals surface area (Å²) in [5, 5.41) is 14.7. The fourth-order valence-corrected chi connectivity index (χ4v) is 3.70. The number of carboxylic acid groups (broad SMARTS) is 1. The monoisotopic (exact) mass is 440 g/mol. The molecule has 1 saturated heterocycles. The molecule has 0 saturated carbocycles. The molecule has 6 atom stereocenters. The SMILES string of the molecule is CCC(C)C(N)C(=O)N1CCCC1C(=O)NC(C(=O)NC(C(=O)O)C(C)C)C(C)CC. The lowest BCUT2D eigenvalue weighted by Gasteiger charge is -2.31. The van der Waals surface area contributed by atoms with E-state index in [2.05, 4.69) is 10.6 Å². The first-order valence-electron chi connectivity index (χ1n) is 11.4. The maximum atomic E-state index is 13.1. The Labute approximate surface area is 185 Å². The van der Waals surface area contributed by atoms with Crippen LogP contribution in [0, 0.1) is 17.8 Å². The molecular formula is C22H40N4O5. The average molecular weight is 441 g/mol. The first-order valence-corrected chi connectivity index (χ1v) is 11.4. The van der Waals surface area contributed by atoms with Crippen molar-refractivity contribution in [1.29, 1.82) is 0 Å². The normalized spacial score (nSPS) is 21.2. The van der Waals surface area contributed by atoms with Crippen LogP contribution in [0.2, 0.25) is 0 Å². The molecule has 178 valence electrons. The zero-order valence-electron chi connectivity index (χ0n) is 19.7. The summed E-state index contributed by atoms with van der Waals surface area (Å²) in [7, 11) is 0. The minimum atomic E-state index is -1.12. The Morgan fingerprint density at radius 3 is 2.06 bits per heavy atom. The molecule has 1 fully saturated rings. The zero-order chi connectivity index (χ0) is 23.9. The molecule has 0 aromatic heterocycles. The van der Waals surface area contributed by atoms with Crippen LogP contribution in [-0.4, -0.2) is 64.4 Å². The molecule has 0 aromatic rings. The van der Waals surface area contributed by atoms with Gasteiger partial charge in [-0.15, -0.1) is 0 Å². The van der Waals surface area contributed by atoms with Crippen molar-refractivity contribution in [3.05, 3.63) is 0 Å². The van der Waals surface area contributed by atoms with E-state index in [-0.39, 0.29) is 23.7 Å². The summed E-state index contributed by atoms with van der Waals surface area (Å²) in [5.74, 6) is -2.82. The molecule has 3 amide bonds. The Morgan fingerprint density at radius 2 is 1.58 bits per heavy atom. The van der Waals surface area contributed by atoms with Crippen LogP contribution in [-0.2, 0) is 19.2 Å². The van der Waals surface area contributed by atoms with Gasteiger partial charge in [0.15, 0.2) is 0 Å². The van der Waals surface area contributed by atoms with Crippen LogP contribution in [0.5, 0.6) is 0 Å². The second-order valence-electron chi connectivity index (χ2n) is 9.04. The van der Waals surface area contributed by atoms with Crippen LogP contribution in [0.3, 0.4) is 0 Å². The molecule has 31 heavy (non-hydrogen) atoms. The second-order valence-corrected chi connectivity index (χ2v) is 9.04. The van der Waals surface area contributed by atoms with E-state index < -0.39 is 42.0 Å². The quantitative estimate of drug-likeness (QED) is 0.379. The predicted molar refractivity (Wildman–Crippen MR) is 118 cm³/mol. The molecule has 6 unspecified atom stereocenters. The molecule has 1 aliphatic rings. The highest BCUT2D eigenvalue weighted by Crippen LogP contribution is 2.21. The average Bonchev–Trinajstić information content (AvgIpc) is 3.22. The van der Waals surface area contributed by atoms with Crippen LogP contribution in [0.1, 0.15) is 67.2 Å². The van der Waals surface area contributed by atoms with Gasteiger partial charge in [-0.25, -0.2) is 4.79 Å². The maximum absolute atomic E-state index is 13.1. The fraction of sp³-hybridized carbons (Fsp3) is 0.818. The summed E-state index contributed by atoms with van der Waals surface area (Å²) in [5.41, 5.74) is 6.10. The standard InChI is InChI=1S/C22H40N4O5/c1-7-13(5)16(23)21(29)26-11-9-10-15(26)19(27)25-18(14(6)8-2)20(28)24-17(12(3)4)22(30)31/h12-18H,7-11,23H2,1-6H3,(H,24,28)(H,25,27)(H,30,31). The largest absolute Gasteiger partial charge is 0.480 e. The molecular weight excluding hydrogens is 400 g/mol. The van der Waals surface area contributed by atoms with Crippen molar-refractivity contribution in [3.63, 3.8) is 0 Å². The number of nitrogens with zero attached hydrogens (tertiary/aromatic N) is 1. The van der Waals surface area contributed by atoms with Crippen LogP contribution in [0.4, 0.5) is 0 Å². The number of aliphatic carboxylic acids is 1. The number of rotatable bonds is 11. The van der Waals surface area contributed by atoms with Gasteiger partial charge in [-0.1, -0.05) is 54.4 Å². The Morgan fingerprint density at radius 1 is 1.00 bits per heavy atom. The van der Waals surface area contributed by atoms with Gasteiger partial charge in [0.1, 0.15) is 18.1 Å². The molecule has 1 rings (SSSR count). The van der Waals surface area contributed by atoms with E-state index in [4.69, 9.17) is 5.73 Å². The molecule has 1 aliphatic heterocycles. The van der Waals surface area contributed by atoms with Crippen LogP contribution < -0.4 is 16.4 Å². The lowest BCUT2D eigenvalue weighted by Crippen LogP contribution is -2.59. The van der Waals surface area contributed by atoms with Gasteiger partial charge in [0.05, 0.1) is 6.04 Å². The number of hydrogen-bond acceptors (Lipinski definition) is 5. The lowest BCUT2D eigenvalue weighted by atomic mass is 9.96. The third kappa shape index (κ3) is 6.92. The number of nitrogens with two attached hydrogens (primary N) is 1. The first-order chi connectivity index (χ1) is 14.5. The molecule has 0 spiro atoms. The molecule has 0 radical (unpaired) electrons. The summed E-state index contributed by atoms with van der Waals surface area (Å²) in [6.07, 6.45) is 2.56. The number of carboxylic acids is 1. The Bertz CT molecular complexity index is 654. The van der Waals surface area contributed by atoms with E-state index >= 15 is 0 Å². The molecule has 0 bridgehead atoms. The number of nitrogens with one attached hydrogen (secondary N) is 2. The van der Waals surface area contributed by atoms with E-state index in [1.165, 1.54) is 4.90 Å². The molecule has 1 heterocycles. The van der Waals surface area contributed by atoms with Crippen molar-refractivity contribution in [1.82, 2.24) is 15.5 Å². The van der Waals surface area contributed by atoms with Crippen molar-refractivity contribution >= 4 is 23.7 Å². The highest BCUT2D eigenvalue weighted by Gasteiger charge is 2.39. The minimum Gasteiger partial charge on any atom is -0.480 e. The van der Waals surface area contributed by atoms with Gasteiger partial charge >= 0.3 is 5.97 Å². The molecule has 0 aromatic carbocycles. The highest BCUT2D eigenvalue weighted by atomic mass is 16.4. The Balaban J connectivity index is 2.97. The van der Waals surface area contributed by atoms with E-state index in [0.717, 1.165) is 6.42 Å². The van der Waals surface area contributed by atoms with Gasteiger partial charge in [0.2, 0.25) is 17.7 Å². The van der Waals surface area contributed by atoms with E-state index in [9.17, 15) is 24.3 Å². The predicted octanol–water partition coefficient (Wildman–Crippen LogP) is 1.11. The fourth-order valence-electron chi connectivity index (χ4n) is 3.70. The van der Waals surface area contributed by atoms with Gasteiger partial charge in [0, 0.05) is 6.54 Å². The summed E-state index contributed by atoms with van der Waals surface area (Å²) < 4.78 is 0. The maximum Gasteiger partial charge on any atom is 0.326 e. The summed E-state index contributed by atoms with van der Waals surface area (Å²) in [6.45, 7) is 11.5. The molecule has 0 aliphatic carbocycles. The number of hydrogen-bond donors (Lipinski definition) is 4. The van der Waals surface area contributed by atoms with Gasteiger partial charge in [-0.3, -0.25) is 14.4 Å². The van der Waals surface area contributed by atoms with Gasteiger partial charge in [-0.2, -0.15) is 0 Å². The van der Waals surface area contributed by atoms with Gasteiger partial charge in [-0.05, 0) is 30.6 Å². The van der Waals surface area contributed by atoms with Crippen molar-refractivity contribution < 1.29 is 24.3 Å². The first kappa shape index (κ1) is 26.9. The summed E-state index contributed by atoms with van der Waals surface area (Å²) >= 11 is 0. The second kappa shape index (κ2) is 12.0. The lowest BCUT2D eigenvalue weighted by molar-refractivity contribution is -0.144. The van der Waals surface area contributed by atoms with E-state index in [0.29, 0.717) is 25.8 Å². The summed E-state index contributed by atoms with van der Waals surface area (Å²) in [6, 6.07) is -3.29. The zero-order valence-corrected chi connectivity index (χ0v) is 19.7. The third-order valence-corrected chi connectivity index (χ3v) is 6.40. The minimum absolute atomic E-state index is 0.000522. The van der Waals surface area contributed by atoms with Gasteiger partial charge in [0.25, 0.3) is 0 Å². The molecule has 5 N–H and O–H groups in total. The van der Waals surface area contributed by atoms with E-state index in [1.54, 1.807) is 13.8 Å². The number of likely N-dealkylation sites (tertiary alicyclic amines) is 1. The van der Waals surface area contributed by atoms with Crippen molar-refractivity contribution in [2.45, 2.75) is 91.4 Å². The van der Waals surface area contributed by atoms with Crippen molar-refractivity contribution in [2.24, 2.45) is 23.5 Å².